The summed E-state index contributed by atoms with van der Waals surface area (Å²) in [5.41, 5.74) is -1.13. The number of rotatable bonds is 2. The smallest absolute Gasteiger partial charge is 0.410 e. The number of likely N-dealkylation sites (tertiary alicyclic amines) is 1. The third kappa shape index (κ3) is 7.07. The molecule has 1 heterocycles. The Morgan fingerprint density at radius 3 is 2.17 bits per heavy atom. The van der Waals surface area contributed by atoms with Crippen molar-refractivity contribution < 1.29 is 24.2 Å². The van der Waals surface area contributed by atoms with Crippen LogP contribution in [0.15, 0.2) is 0 Å². The number of nitrogens with one attached hydrogen (secondary N) is 1. The molecule has 1 rings (SSSR count). The zero-order chi connectivity index (χ0) is 17.8. The molecule has 0 radical (unpaired) electrons. The van der Waals surface area contributed by atoms with Crippen molar-refractivity contribution in [2.24, 2.45) is 5.92 Å². The van der Waals surface area contributed by atoms with Crippen LogP contribution < -0.4 is 5.32 Å². The third-order valence-corrected chi connectivity index (χ3v) is 3.32. The van der Waals surface area contributed by atoms with Crippen molar-refractivity contribution in [3.8, 4) is 0 Å². The molecule has 2 amide bonds. The zero-order valence-corrected chi connectivity index (χ0v) is 15.0. The Balaban J connectivity index is 2.59. The molecule has 0 aromatic heterocycles. The molecule has 7 heteroatoms. The van der Waals surface area contributed by atoms with E-state index in [4.69, 9.17) is 9.47 Å². The molecular formula is C16H30N2O5. The fourth-order valence-corrected chi connectivity index (χ4v) is 2.36. The van der Waals surface area contributed by atoms with E-state index in [0.29, 0.717) is 19.5 Å². The molecule has 0 saturated carbocycles. The van der Waals surface area contributed by atoms with Gasteiger partial charge in [-0.3, -0.25) is 0 Å². The fourth-order valence-electron chi connectivity index (χ4n) is 2.36. The van der Waals surface area contributed by atoms with Crippen LogP contribution in [0.25, 0.3) is 0 Å². The van der Waals surface area contributed by atoms with E-state index in [-0.39, 0.29) is 18.6 Å². The Morgan fingerprint density at radius 2 is 1.70 bits per heavy atom. The number of piperidine rings is 1. The van der Waals surface area contributed by atoms with Crippen LogP contribution in [0.3, 0.4) is 0 Å². The number of hydrogen-bond donors (Lipinski definition) is 2. The van der Waals surface area contributed by atoms with Gasteiger partial charge in [-0.15, -0.1) is 0 Å². The summed E-state index contributed by atoms with van der Waals surface area (Å²) < 4.78 is 10.6. The number of carbonyl (C=O) groups is 2. The van der Waals surface area contributed by atoms with Crippen molar-refractivity contribution >= 4 is 12.2 Å². The standard InChI is InChI=1S/C16H30N2O5/c1-15(2,3)22-13(20)17-12-7-8-18(9-11(12)10-19)14(21)23-16(4,5)6/h11-12,19H,7-10H2,1-6H3,(H,17,20)/t11-,12-/m1/s1. The maximum Gasteiger partial charge on any atom is 0.410 e. The Labute approximate surface area is 138 Å². The van der Waals surface area contributed by atoms with Gasteiger partial charge in [0.2, 0.25) is 0 Å². The molecule has 0 aromatic carbocycles. The van der Waals surface area contributed by atoms with Crippen molar-refractivity contribution in [1.29, 1.82) is 0 Å². The summed E-state index contributed by atoms with van der Waals surface area (Å²) in [6.45, 7) is 11.5. The second kappa shape index (κ2) is 7.38. The largest absolute Gasteiger partial charge is 0.444 e. The first-order valence-corrected chi connectivity index (χ1v) is 7.99. The van der Waals surface area contributed by atoms with Gasteiger partial charge in [-0.05, 0) is 48.0 Å². The predicted molar refractivity (Wildman–Crippen MR) is 86.2 cm³/mol. The molecule has 1 aliphatic heterocycles. The SMILES string of the molecule is CC(C)(C)OC(=O)N[C@@H]1CCN(C(=O)OC(C)(C)C)C[C@@H]1CO. The van der Waals surface area contributed by atoms with Crippen molar-refractivity contribution in [3.05, 3.63) is 0 Å². The van der Waals surface area contributed by atoms with Gasteiger partial charge in [-0.1, -0.05) is 0 Å². The van der Waals surface area contributed by atoms with Crippen LogP contribution in [0.1, 0.15) is 48.0 Å². The third-order valence-electron chi connectivity index (χ3n) is 3.32. The Morgan fingerprint density at radius 1 is 1.13 bits per heavy atom. The topological polar surface area (TPSA) is 88.1 Å². The lowest BCUT2D eigenvalue weighted by Crippen LogP contribution is -2.54. The molecule has 0 spiro atoms. The summed E-state index contributed by atoms with van der Waals surface area (Å²) in [4.78, 5) is 25.5. The highest BCUT2D eigenvalue weighted by molar-refractivity contribution is 5.69. The monoisotopic (exact) mass is 330 g/mol. The van der Waals surface area contributed by atoms with E-state index < -0.39 is 23.4 Å². The first-order valence-electron chi connectivity index (χ1n) is 7.99. The second-order valence-electron chi connectivity index (χ2n) is 7.91. The Hall–Kier alpha value is -1.50. The van der Waals surface area contributed by atoms with Gasteiger partial charge < -0.3 is 24.8 Å². The normalized spacial score (nSPS) is 22.5. The van der Waals surface area contributed by atoms with Gasteiger partial charge in [-0.25, -0.2) is 9.59 Å². The minimum absolute atomic E-state index is 0.125. The quantitative estimate of drug-likeness (QED) is 0.810. The molecule has 2 N–H and O–H groups in total. The molecule has 23 heavy (non-hydrogen) atoms. The van der Waals surface area contributed by atoms with E-state index in [1.54, 1.807) is 25.7 Å². The van der Waals surface area contributed by atoms with Crippen molar-refractivity contribution in [1.82, 2.24) is 10.2 Å². The van der Waals surface area contributed by atoms with E-state index in [2.05, 4.69) is 5.32 Å². The first kappa shape index (κ1) is 19.5. The van der Waals surface area contributed by atoms with Gasteiger partial charge in [0.05, 0.1) is 0 Å². The Bertz CT molecular complexity index is 425. The molecule has 0 unspecified atom stereocenters. The molecule has 2 atom stereocenters. The van der Waals surface area contributed by atoms with E-state index in [1.807, 2.05) is 20.8 Å². The average molecular weight is 330 g/mol. The summed E-state index contributed by atoms with van der Waals surface area (Å²) in [6.07, 6.45) is -0.359. The second-order valence-corrected chi connectivity index (χ2v) is 7.91. The molecular weight excluding hydrogens is 300 g/mol. The van der Waals surface area contributed by atoms with Gasteiger partial charge >= 0.3 is 12.2 Å². The van der Waals surface area contributed by atoms with Crippen molar-refractivity contribution in [2.75, 3.05) is 19.7 Å². The van der Waals surface area contributed by atoms with Crippen LogP contribution in [-0.4, -0.2) is 59.1 Å². The van der Waals surface area contributed by atoms with Gasteiger partial charge in [0.25, 0.3) is 0 Å². The number of carbonyl (C=O) groups excluding carboxylic acids is 2. The lowest BCUT2D eigenvalue weighted by atomic mass is 9.93. The lowest BCUT2D eigenvalue weighted by Gasteiger charge is -2.38. The molecule has 1 saturated heterocycles. The highest BCUT2D eigenvalue weighted by Gasteiger charge is 2.34. The number of aliphatic hydroxyl groups is 1. The van der Waals surface area contributed by atoms with E-state index in [0.717, 1.165) is 0 Å². The summed E-state index contributed by atoms with van der Waals surface area (Å²) in [5, 5.41) is 12.4. The van der Waals surface area contributed by atoms with E-state index >= 15 is 0 Å². The molecule has 0 bridgehead atoms. The van der Waals surface area contributed by atoms with Crippen LogP contribution >= 0.6 is 0 Å². The predicted octanol–water partition coefficient (Wildman–Crippen LogP) is 2.13. The molecule has 0 aliphatic carbocycles. The Kier molecular flexibility index (Phi) is 6.27. The van der Waals surface area contributed by atoms with Crippen LogP contribution in [0, 0.1) is 5.92 Å². The lowest BCUT2D eigenvalue weighted by molar-refractivity contribution is 0.00643. The minimum Gasteiger partial charge on any atom is -0.444 e. The zero-order valence-electron chi connectivity index (χ0n) is 15.0. The number of alkyl carbamates (subject to hydrolysis) is 1. The summed E-state index contributed by atoms with van der Waals surface area (Å²) in [6, 6.07) is -0.228. The highest BCUT2D eigenvalue weighted by atomic mass is 16.6. The first-order chi connectivity index (χ1) is 10.4. The van der Waals surface area contributed by atoms with Crippen molar-refractivity contribution in [3.63, 3.8) is 0 Å². The average Bonchev–Trinajstić information content (AvgIpc) is 2.34. The van der Waals surface area contributed by atoms with Crippen LogP contribution in [0.5, 0.6) is 0 Å². The van der Waals surface area contributed by atoms with Crippen LogP contribution in [0.4, 0.5) is 9.59 Å². The molecule has 1 fully saturated rings. The van der Waals surface area contributed by atoms with E-state index in [1.165, 1.54) is 0 Å². The van der Waals surface area contributed by atoms with Gasteiger partial charge in [0, 0.05) is 31.7 Å². The van der Waals surface area contributed by atoms with Gasteiger partial charge in [-0.2, -0.15) is 0 Å². The number of nitrogens with zero attached hydrogens (tertiary/aromatic N) is 1. The summed E-state index contributed by atoms with van der Waals surface area (Å²) in [5.74, 6) is -0.246. The van der Waals surface area contributed by atoms with Crippen LogP contribution in [0.2, 0.25) is 0 Å². The van der Waals surface area contributed by atoms with Gasteiger partial charge in [0.15, 0.2) is 0 Å². The van der Waals surface area contributed by atoms with E-state index in [9.17, 15) is 14.7 Å². The molecule has 7 nitrogen and oxygen atoms in total. The van der Waals surface area contributed by atoms with Gasteiger partial charge in [0.1, 0.15) is 11.2 Å². The minimum atomic E-state index is -0.573. The highest BCUT2D eigenvalue weighted by Crippen LogP contribution is 2.20. The number of hydrogen-bond acceptors (Lipinski definition) is 5. The maximum atomic E-state index is 12.1. The molecule has 0 aromatic rings. The summed E-state index contributed by atoms with van der Waals surface area (Å²) in [7, 11) is 0. The number of ether oxygens (including phenoxy) is 2. The number of aliphatic hydroxyl groups excluding tert-OH is 1. The fraction of sp³-hybridized carbons (Fsp3) is 0.875. The maximum absolute atomic E-state index is 12.1. The number of amides is 2. The van der Waals surface area contributed by atoms with Crippen LogP contribution in [-0.2, 0) is 9.47 Å². The van der Waals surface area contributed by atoms with Crippen molar-refractivity contribution in [2.45, 2.75) is 65.2 Å². The molecule has 134 valence electrons. The molecule has 1 aliphatic rings. The summed E-state index contributed by atoms with van der Waals surface area (Å²) >= 11 is 0.